The normalized spacial score (nSPS) is 10.1. The van der Waals surface area contributed by atoms with Crippen LogP contribution in [0, 0.1) is 0 Å². The third kappa shape index (κ3) is 2.98. The lowest BCUT2D eigenvalue weighted by molar-refractivity contribution is 0.102. The summed E-state index contributed by atoms with van der Waals surface area (Å²) in [7, 11) is 0. The molecule has 2 aromatic carbocycles. The van der Waals surface area contributed by atoms with Crippen LogP contribution < -0.4 is 5.32 Å². The first-order valence-corrected chi connectivity index (χ1v) is 6.70. The third-order valence-corrected chi connectivity index (χ3v) is 3.18. The van der Waals surface area contributed by atoms with Gasteiger partial charge < -0.3 is 5.32 Å². The van der Waals surface area contributed by atoms with Crippen LogP contribution >= 0.6 is 0 Å². The van der Waals surface area contributed by atoms with E-state index in [9.17, 15) is 4.79 Å². The molecule has 1 amide bonds. The molecule has 3 aromatic rings. The number of anilines is 1. The van der Waals surface area contributed by atoms with Crippen molar-refractivity contribution in [3.63, 3.8) is 0 Å². The van der Waals surface area contributed by atoms with Crippen molar-refractivity contribution in [2.24, 2.45) is 0 Å². The molecule has 0 saturated carbocycles. The zero-order valence-corrected chi connectivity index (χ0v) is 11.4. The lowest BCUT2D eigenvalue weighted by Gasteiger charge is -2.09. The van der Waals surface area contributed by atoms with Crippen molar-refractivity contribution in [3.8, 4) is 11.1 Å². The van der Waals surface area contributed by atoms with E-state index in [2.05, 4.69) is 10.3 Å². The van der Waals surface area contributed by atoms with Crippen molar-refractivity contribution in [1.29, 1.82) is 0 Å². The van der Waals surface area contributed by atoms with Crippen LogP contribution in [0.5, 0.6) is 0 Å². The number of carbonyl (C=O) groups excluding carboxylic acids is 1. The fourth-order valence-electron chi connectivity index (χ4n) is 2.16. The molecule has 21 heavy (non-hydrogen) atoms. The highest BCUT2D eigenvalue weighted by Crippen LogP contribution is 2.23. The zero-order chi connectivity index (χ0) is 14.5. The van der Waals surface area contributed by atoms with Gasteiger partial charge >= 0.3 is 0 Å². The molecule has 0 radical (unpaired) electrons. The van der Waals surface area contributed by atoms with Gasteiger partial charge in [-0.2, -0.15) is 0 Å². The molecule has 102 valence electrons. The zero-order valence-electron chi connectivity index (χ0n) is 11.4. The standard InChI is InChI=1S/C18H14N2O/c21-18(20-15-9-5-2-6-10-15)16-11-12-19-13-17(16)14-7-3-1-4-8-14/h1-13H,(H,20,21). The second kappa shape index (κ2) is 6.01. The van der Waals surface area contributed by atoms with E-state index in [1.165, 1.54) is 0 Å². The molecule has 3 rings (SSSR count). The summed E-state index contributed by atoms with van der Waals surface area (Å²) >= 11 is 0. The highest BCUT2D eigenvalue weighted by atomic mass is 16.1. The number of hydrogen-bond acceptors (Lipinski definition) is 2. The first-order valence-electron chi connectivity index (χ1n) is 6.70. The fraction of sp³-hybridized carbons (Fsp3) is 0. The highest BCUT2D eigenvalue weighted by molar-refractivity contribution is 6.08. The monoisotopic (exact) mass is 274 g/mol. The molecule has 0 unspecified atom stereocenters. The lowest BCUT2D eigenvalue weighted by atomic mass is 10.0. The molecule has 0 aliphatic carbocycles. The largest absolute Gasteiger partial charge is 0.322 e. The molecule has 1 N–H and O–H groups in total. The van der Waals surface area contributed by atoms with E-state index >= 15 is 0 Å². The van der Waals surface area contributed by atoms with Crippen LogP contribution in [0.25, 0.3) is 11.1 Å². The van der Waals surface area contributed by atoms with E-state index in [1.807, 2.05) is 60.7 Å². The molecule has 0 saturated heterocycles. The minimum absolute atomic E-state index is 0.137. The van der Waals surface area contributed by atoms with Gasteiger partial charge in [-0.15, -0.1) is 0 Å². The van der Waals surface area contributed by atoms with Crippen molar-refractivity contribution in [2.75, 3.05) is 5.32 Å². The van der Waals surface area contributed by atoms with Crippen molar-refractivity contribution < 1.29 is 4.79 Å². The maximum atomic E-state index is 12.5. The number of nitrogens with zero attached hydrogens (tertiary/aromatic N) is 1. The van der Waals surface area contributed by atoms with Crippen LogP contribution in [-0.4, -0.2) is 10.9 Å². The van der Waals surface area contributed by atoms with E-state index in [4.69, 9.17) is 0 Å². The number of pyridine rings is 1. The Bertz CT molecular complexity index is 739. The van der Waals surface area contributed by atoms with Gasteiger partial charge in [-0.05, 0) is 23.8 Å². The topological polar surface area (TPSA) is 42.0 Å². The van der Waals surface area contributed by atoms with Crippen LogP contribution in [0.15, 0.2) is 79.1 Å². The molecule has 3 nitrogen and oxygen atoms in total. The van der Waals surface area contributed by atoms with Gasteiger partial charge in [0.25, 0.3) is 5.91 Å². The van der Waals surface area contributed by atoms with E-state index in [0.717, 1.165) is 16.8 Å². The first kappa shape index (κ1) is 13.1. The predicted octanol–water partition coefficient (Wildman–Crippen LogP) is 4.00. The van der Waals surface area contributed by atoms with Crippen LogP contribution in [-0.2, 0) is 0 Å². The molecule has 0 bridgehead atoms. The summed E-state index contributed by atoms with van der Waals surface area (Å²) in [5.41, 5.74) is 3.19. The van der Waals surface area contributed by atoms with Crippen LogP contribution in [0.2, 0.25) is 0 Å². The number of carbonyl (C=O) groups is 1. The number of rotatable bonds is 3. The maximum absolute atomic E-state index is 12.5. The Morgan fingerprint density at radius 3 is 2.24 bits per heavy atom. The summed E-state index contributed by atoms with van der Waals surface area (Å²) in [6, 6.07) is 20.9. The molecular formula is C18H14N2O. The van der Waals surface area contributed by atoms with Crippen LogP contribution in [0.4, 0.5) is 5.69 Å². The summed E-state index contributed by atoms with van der Waals surface area (Å²) in [4.78, 5) is 16.6. The molecule has 0 aliphatic heterocycles. The van der Waals surface area contributed by atoms with E-state index in [0.29, 0.717) is 5.56 Å². The smallest absolute Gasteiger partial charge is 0.256 e. The second-order valence-electron chi connectivity index (χ2n) is 4.61. The van der Waals surface area contributed by atoms with Gasteiger partial charge in [0.15, 0.2) is 0 Å². The summed E-state index contributed by atoms with van der Waals surface area (Å²) in [5.74, 6) is -0.137. The summed E-state index contributed by atoms with van der Waals surface area (Å²) < 4.78 is 0. The Kier molecular flexibility index (Phi) is 3.74. The number of amides is 1. The summed E-state index contributed by atoms with van der Waals surface area (Å²) in [6.45, 7) is 0. The molecule has 1 aromatic heterocycles. The number of nitrogens with one attached hydrogen (secondary N) is 1. The number of hydrogen-bond donors (Lipinski definition) is 1. The van der Waals surface area contributed by atoms with Crippen molar-refractivity contribution in [3.05, 3.63) is 84.7 Å². The first-order chi connectivity index (χ1) is 10.3. The Labute approximate surface area is 123 Å². The highest BCUT2D eigenvalue weighted by Gasteiger charge is 2.12. The minimum Gasteiger partial charge on any atom is -0.322 e. The lowest BCUT2D eigenvalue weighted by Crippen LogP contribution is -2.13. The second-order valence-corrected chi connectivity index (χ2v) is 4.61. The summed E-state index contributed by atoms with van der Waals surface area (Å²) in [6.07, 6.45) is 3.35. The molecule has 0 spiro atoms. The van der Waals surface area contributed by atoms with Gasteiger partial charge in [-0.3, -0.25) is 9.78 Å². The Morgan fingerprint density at radius 1 is 0.857 bits per heavy atom. The molecular weight excluding hydrogens is 260 g/mol. The Balaban J connectivity index is 1.94. The number of benzene rings is 2. The molecule has 3 heteroatoms. The van der Waals surface area contributed by atoms with Crippen LogP contribution in [0.1, 0.15) is 10.4 Å². The number of aromatic nitrogens is 1. The van der Waals surface area contributed by atoms with Crippen LogP contribution in [0.3, 0.4) is 0 Å². The van der Waals surface area contributed by atoms with Gasteiger partial charge in [-0.25, -0.2) is 0 Å². The Hall–Kier alpha value is -2.94. The average molecular weight is 274 g/mol. The Morgan fingerprint density at radius 2 is 1.52 bits per heavy atom. The quantitative estimate of drug-likeness (QED) is 0.784. The molecule has 0 atom stereocenters. The summed E-state index contributed by atoms with van der Waals surface area (Å²) in [5, 5.41) is 2.90. The van der Waals surface area contributed by atoms with Crippen molar-refractivity contribution in [2.45, 2.75) is 0 Å². The van der Waals surface area contributed by atoms with E-state index < -0.39 is 0 Å². The molecule has 0 aliphatic rings. The van der Waals surface area contributed by atoms with Gasteiger partial charge in [0, 0.05) is 23.6 Å². The van der Waals surface area contributed by atoms with Crippen molar-refractivity contribution >= 4 is 11.6 Å². The van der Waals surface area contributed by atoms with Gasteiger partial charge in [0.1, 0.15) is 0 Å². The van der Waals surface area contributed by atoms with Gasteiger partial charge in [-0.1, -0.05) is 48.5 Å². The van der Waals surface area contributed by atoms with Crippen molar-refractivity contribution in [1.82, 2.24) is 4.98 Å². The maximum Gasteiger partial charge on any atom is 0.256 e. The SMILES string of the molecule is O=C(Nc1ccccc1)c1ccncc1-c1ccccc1. The predicted molar refractivity (Wildman–Crippen MR) is 84.1 cm³/mol. The minimum atomic E-state index is -0.137. The molecule has 0 fully saturated rings. The molecule has 1 heterocycles. The van der Waals surface area contributed by atoms with Gasteiger partial charge in [0.05, 0.1) is 5.56 Å². The number of para-hydroxylation sites is 1. The van der Waals surface area contributed by atoms with E-state index in [-0.39, 0.29) is 5.91 Å². The van der Waals surface area contributed by atoms with E-state index in [1.54, 1.807) is 18.5 Å². The van der Waals surface area contributed by atoms with Gasteiger partial charge in [0.2, 0.25) is 0 Å². The third-order valence-electron chi connectivity index (χ3n) is 3.18. The average Bonchev–Trinajstić information content (AvgIpc) is 2.56. The fourth-order valence-corrected chi connectivity index (χ4v) is 2.16.